The Hall–Kier alpha value is -0.610. The number of hydrogen-bond donors (Lipinski definition) is 1. The lowest BCUT2D eigenvalue weighted by atomic mass is 10.0. The fourth-order valence-electron chi connectivity index (χ4n) is 2.16. The summed E-state index contributed by atoms with van der Waals surface area (Å²) in [4.78, 5) is 13.9. The van der Waals surface area contributed by atoms with Crippen molar-refractivity contribution in [1.29, 1.82) is 0 Å². The predicted molar refractivity (Wildman–Crippen MR) is 55.3 cm³/mol. The lowest BCUT2D eigenvalue weighted by Gasteiger charge is -2.36. The molecule has 4 heteroatoms. The Morgan fingerprint density at radius 2 is 2.33 bits per heavy atom. The number of ether oxygens (including phenoxy) is 1. The van der Waals surface area contributed by atoms with Gasteiger partial charge in [0.05, 0.1) is 25.9 Å². The number of nitrogens with zero attached hydrogens (tertiary/aromatic N) is 1. The standard InChI is InChI=1S/C11H19NO3/c1-8(9-2-3-9)11(14)12-4-5-15-7-10(12)6-13/h8-10,13H,2-7H2,1H3. The zero-order chi connectivity index (χ0) is 10.8. The molecule has 1 amide bonds. The molecule has 2 atom stereocenters. The molecule has 0 aromatic heterocycles. The Kier molecular flexibility index (Phi) is 3.26. The molecule has 1 heterocycles. The maximum absolute atomic E-state index is 12.1. The summed E-state index contributed by atoms with van der Waals surface area (Å²) in [5.74, 6) is 0.900. The van der Waals surface area contributed by atoms with Crippen LogP contribution in [0.15, 0.2) is 0 Å². The normalized spacial score (nSPS) is 28.9. The van der Waals surface area contributed by atoms with Crippen molar-refractivity contribution in [3.05, 3.63) is 0 Å². The van der Waals surface area contributed by atoms with Gasteiger partial charge in [-0.3, -0.25) is 4.79 Å². The molecule has 1 aliphatic carbocycles. The highest BCUT2D eigenvalue weighted by Crippen LogP contribution is 2.37. The molecule has 1 N–H and O–H groups in total. The first-order valence-corrected chi connectivity index (χ1v) is 5.73. The number of morpholine rings is 1. The van der Waals surface area contributed by atoms with Gasteiger partial charge in [-0.1, -0.05) is 6.92 Å². The highest BCUT2D eigenvalue weighted by atomic mass is 16.5. The lowest BCUT2D eigenvalue weighted by molar-refractivity contribution is -0.146. The molecular weight excluding hydrogens is 194 g/mol. The molecule has 2 aliphatic rings. The summed E-state index contributed by atoms with van der Waals surface area (Å²) >= 11 is 0. The summed E-state index contributed by atoms with van der Waals surface area (Å²) in [6.45, 7) is 3.70. The van der Waals surface area contributed by atoms with Gasteiger partial charge in [-0.05, 0) is 18.8 Å². The molecule has 2 unspecified atom stereocenters. The third kappa shape index (κ3) is 2.32. The summed E-state index contributed by atoms with van der Waals surface area (Å²) in [6.07, 6.45) is 2.36. The zero-order valence-electron chi connectivity index (χ0n) is 9.19. The van der Waals surface area contributed by atoms with Crippen LogP contribution in [0.1, 0.15) is 19.8 Å². The van der Waals surface area contributed by atoms with Crippen LogP contribution in [0.5, 0.6) is 0 Å². The van der Waals surface area contributed by atoms with Gasteiger partial charge in [-0.15, -0.1) is 0 Å². The van der Waals surface area contributed by atoms with E-state index in [1.807, 2.05) is 6.92 Å². The van der Waals surface area contributed by atoms with Crippen molar-refractivity contribution < 1.29 is 14.6 Å². The minimum atomic E-state index is -0.132. The van der Waals surface area contributed by atoms with Gasteiger partial charge in [-0.2, -0.15) is 0 Å². The van der Waals surface area contributed by atoms with E-state index in [0.29, 0.717) is 25.7 Å². The monoisotopic (exact) mass is 213 g/mol. The minimum Gasteiger partial charge on any atom is -0.394 e. The van der Waals surface area contributed by atoms with Crippen molar-refractivity contribution >= 4 is 5.91 Å². The van der Waals surface area contributed by atoms with Crippen LogP contribution < -0.4 is 0 Å². The molecule has 0 radical (unpaired) electrons. The van der Waals surface area contributed by atoms with E-state index in [2.05, 4.69) is 0 Å². The van der Waals surface area contributed by atoms with Crippen LogP contribution in [0, 0.1) is 11.8 Å². The largest absolute Gasteiger partial charge is 0.394 e. The van der Waals surface area contributed by atoms with E-state index >= 15 is 0 Å². The number of carbonyl (C=O) groups excluding carboxylic acids is 1. The second-order valence-corrected chi connectivity index (χ2v) is 4.57. The summed E-state index contributed by atoms with van der Waals surface area (Å²) in [7, 11) is 0. The van der Waals surface area contributed by atoms with Crippen molar-refractivity contribution in [2.75, 3.05) is 26.4 Å². The lowest BCUT2D eigenvalue weighted by Crippen LogP contribution is -2.52. The molecule has 1 saturated carbocycles. The maximum atomic E-state index is 12.1. The molecule has 86 valence electrons. The Morgan fingerprint density at radius 3 is 2.93 bits per heavy atom. The van der Waals surface area contributed by atoms with Gasteiger partial charge in [0.15, 0.2) is 0 Å². The van der Waals surface area contributed by atoms with Crippen molar-refractivity contribution in [2.45, 2.75) is 25.8 Å². The summed E-state index contributed by atoms with van der Waals surface area (Å²) in [6, 6.07) is -0.132. The van der Waals surface area contributed by atoms with E-state index in [9.17, 15) is 9.90 Å². The third-order valence-electron chi connectivity index (χ3n) is 3.44. The SMILES string of the molecule is CC(C(=O)N1CCOCC1CO)C1CC1. The molecule has 0 aromatic carbocycles. The van der Waals surface area contributed by atoms with Gasteiger partial charge >= 0.3 is 0 Å². The van der Waals surface area contributed by atoms with Crippen molar-refractivity contribution in [3.63, 3.8) is 0 Å². The molecule has 15 heavy (non-hydrogen) atoms. The van der Waals surface area contributed by atoms with Crippen LogP contribution in [0.4, 0.5) is 0 Å². The molecule has 0 aromatic rings. The van der Waals surface area contributed by atoms with Gasteiger partial charge in [0, 0.05) is 12.5 Å². The summed E-state index contributed by atoms with van der Waals surface area (Å²) in [5, 5.41) is 9.17. The van der Waals surface area contributed by atoms with Gasteiger partial charge in [0.25, 0.3) is 0 Å². The van der Waals surface area contributed by atoms with Crippen molar-refractivity contribution in [2.24, 2.45) is 11.8 Å². The number of aliphatic hydroxyl groups excluding tert-OH is 1. The van der Waals surface area contributed by atoms with Crippen molar-refractivity contribution in [1.82, 2.24) is 4.90 Å². The molecule has 1 aliphatic heterocycles. The quantitative estimate of drug-likeness (QED) is 0.731. The van der Waals surface area contributed by atoms with Crippen LogP contribution in [0.25, 0.3) is 0 Å². The summed E-state index contributed by atoms with van der Waals surface area (Å²) in [5.41, 5.74) is 0. The van der Waals surface area contributed by atoms with E-state index in [1.54, 1.807) is 4.90 Å². The summed E-state index contributed by atoms with van der Waals surface area (Å²) < 4.78 is 5.26. The molecule has 2 fully saturated rings. The van der Waals surface area contributed by atoms with Gasteiger partial charge in [0.2, 0.25) is 5.91 Å². The average molecular weight is 213 g/mol. The topological polar surface area (TPSA) is 49.8 Å². The van der Waals surface area contributed by atoms with Gasteiger partial charge in [0.1, 0.15) is 0 Å². The first-order valence-electron chi connectivity index (χ1n) is 5.73. The molecule has 0 bridgehead atoms. The molecular formula is C11H19NO3. The molecule has 4 nitrogen and oxygen atoms in total. The second-order valence-electron chi connectivity index (χ2n) is 4.57. The Morgan fingerprint density at radius 1 is 1.60 bits per heavy atom. The van der Waals surface area contributed by atoms with Crippen LogP contribution >= 0.6 is 0 Å². The zero-order valence-corrected chi connectivity index (χ0v) is 9.19. The molecule has 1 saturated heterocycles. The van der Waals surface area contributed by atoms with Gasteiger partial charge in [-0.25, -0.2) is 0 Å². The Labute approximate surface area is 90.2 Å². The van der Waals surface area contributed by atoms with E-state index < -0.39 is 0 Å². The number of aliphatic hydroxyl groups is 1. The Balaban J connectivity index is 1.96. The van der Waals surface area contributed by atoms with Crippen LogP contribution in [-0.4, -0.2) is 48.3 Å². The number of hydrogen-bond acceptors (Lipinski definition) is 3. The number of amides is 1. The van der Waals surface area contributed by atoms with E-state index in [0.717, 1.165) is 0 Å². The van der Waals surface area contributed by atoms with Crippen LogP contribution in [0.3, 0.4) is 0 Å². The number of carbonyl (C=O) groups is 1. The van der Waals surface area contributed by atoms with E-state index in [1.165, 1.54) is 12.8 Å². The molecule has 2 rings (SSSR count). The highest BCUT2D eigenvalue weighted by molar-refractivity contribution is 5.79. The van der Waals surface area contributed by atoms with Gasteiger partial charge < -0.3 is 14.7 Å². The maximum Gasteiger partial charge on any atom is 0.226 e. The fourth-order valence-corrected chi connectivity index (χ4v) is 2.16. The van der Waals surface area contributed by atoms with Crippen LogP contribution in [0.2, 0.25) is 0 Å². The third-order valence-corrected chi connectivity index (χ3v) is 3.44. The smallest absolute Gasteiger partial charge is 0.226 e. The first-order chi connectivity index (χ1) is 7.24. The van der Waals surface area contributed by atoms with E-state index in [4.69, 9.17) is 4.74 Å². The Bertz CT molecular complexity index is 240. The minimum absolute atomic E-state index is 0.00310. The fraction of sp³-hybridized carbons (Fsp3) is 0.909. The number of rotatable bonds is 3. The van der Waals surface area contributed by atoms with E-state index in [-0.39, 0.29) is 24.5 Å². The second kappa shape index (κ2) is 4.49. The van der Waals surface area contributed by atoms with Crippen molar-refractivity contribution in [3.8, 4) is 0 Å². The first kappa shape index (κ1) is 10.9. The molecule has 0 spiro atoms. The average Bonchev–Trinajstić information content (AvgIpc) is 3.11. The van der Waals surface area contributed by atoms with Crippen LogP contribution in [-0.2, 0) is 9.53 Å². The highest BCUT2D eigenvalue weighted by Gasteiger charge is 2.37. The predicted octanol–water partition coefficient (Wildman–Crippen LogP) is 0.252.